The molecule has 0 saturated heterocycles. The van der Waals surface area contributed by atoms with Gasteiger partial charge in [0.1, 0.15) is 0 Å². The van der Waals surface area contributed by atoms with E-state index in [0.29, 0.717) is 36.1 Å². The minimum Gasteiger partial charge on any atom is -0.493 e. The number of alkyl halides is 2. The van der Waals surface area contributed by atoms with Crippen molar-refractivity contribution in [3.05, 3.63) is 47.3 Å². The molecule has 1 aromatic heterocycles. The summed E-state index contributed by atoms with van der Waals surface area (Å²) in [5.41, 5.74) is 2.95. The second-order valence-corrected chi connectivity index (χ2v) is 7.19. The number of halogens is 2. The van der Waals surface area contributed by atoms with Crippen LogP contribution in [0.25, 0.3) is 11.4 Å². The fourth-order valence-corrected chi connectivity index (χ4v) is 3.70. The predicted molar refractivity (Wildman–Crippen MR) is 110 cm³/mol. The van der Waals surface area contributed by atoms with Crippen LogP contribution in [0.5, 0.6) is 23.0 Å². The van der Waals surface area contributed by atoms with Crippen molar-refractivity contribution in [2.45, 2.75) is 26.1 Å². The standard InChI is InChI=1S/C22H23F2N3O5/c1-28-17-9-14(4-5-16(17)31-22(23)24)21-25-20(32-26-21)12-27-7-6-13-8-18(29-2)19(30-3)10-15(13)11-27/h4-5,8-10,22H,6-7,11-12H2,1-3H3. The van der Waals surface area contributed by atoms with Crippen molar-refractivity contribution < 1.29 is 32.3 Å². The summed E-state index contributed by atoms with van der Waals surface area (Å²) in [5.74, 6) is 2.31. The third-order valence-electron chi connectivity index (χ3n) is 5.26. The lowest BCUT2D eigenvalue weighted by molar-refractivity contribution is -0.0512. The average molecular weight is 447 g/mol. The van der Waals surface area contributed by atoms with Crippen LogP contribution < -0.4 is 18.9 Å². The summed E-state index contributed by atoms with van der Waals surface area (Å²) in [7, 11) is 4.62. The fourth-order valence-electron chi connectivity index (χ4n) is 3.70. The topological polar surface area (TPSA) is 79.1 Å². The summed E-state index contributed by atoms with van der Waals surface area (Å²) >= 11 is 0. The second-order valence-electron chi connectivity index (χ2n) is 7.19. The predicted octanol–water partition coefficient (Wildman–Crippen LogP) is 3.92. The molecule has 0 aliphatic carbocycles. The van der Waals surface area contributed by atoms with E-state index in [2.05, 4.69) is 19.8 Å². The third-order valence-corrected chi connectivity index (χ3v) is 5.26. The molecule has 10 heteroatoms. The molecule has 1 aliphatic rings. The molecule has 0 amide bonds. The van der Waals surface area contributed by atoms with Gasteiger partial charge in [-0.1, -0.05) is 5.16 Å². The van der Waals surface area contributed by atoms with Gasteiger partial charge in [-0.2, -0.15) is 13.8 Å². The number of fused-ring (bicyclic) bond motifs is 1. The monoisotopic (exact) mass is 447 g/mol. The number of aromatic nitrogens is 2. The highest BCUT2D eigenvalue weighted by atomic mass is 19.3. The van der Waals surface area contributed by atoms with Gasteiger partial charge in [0.15, 0.2) is 23.0 Å². The SMILES string of the molecule is COc1cc2c(cc1OC)CN(Cc1nc(-c3ccc(OC(F)F)c(OC)c3)no1)CC2. The molecule has 8 nitrogen and oxygen atoms in total. The lowest BCUT2D eigenvalue weighted by Gasteiger charge is -2.28. The van der Waals surface area contributed by atoms with Gasteiger partial charge >= 0.3 is 6.61 Å². The van der Waals surface area contributed by atoms with Gasteiger partial charge in [0.05, 0.1) is 27.9 Å². The van der Waals surface area contributed by atoms with Gasteiger partial charge in [-0.25, -0.2) is 0 Å². The summed E-state index contributed by atoms with van der Waals surface area (Å²) in [6, 6.07) is 8.51. The van der Waals surface area contributed by atoms with Crippen LogP contribution in [0.15, 0.2) is 34.9 Å². The largest absolute Gasteiger partial charge is 0.493 e. The van der Waals surface area contributed by atoms with Crippen LogP contribution in [-0.4, -0.2) is 49.5 Å². The number of hydrogen-bond acceptors (Lipinski definition) is 8. The van der Waals surface area contributed by atoms with Crippen LogP contribution in [0, 0.1) is 0 Å². The summed E-state index contributed by atoms with van der Waals surface area (Å²) in [5, 5.41) is 4.02. The highest BCUT2D eigenvalue weighted by Gasteiger charge is 2.22. The molecular weight excluding hydrogens is 424 g/mol. The van der Waals surface area contributed by atoms with Crippen molar-refractivity contribution in [3.63, 3.8) is 0 Å². The molecule has 3 aromatic rings. The third kappa shape index (κ3) is 4.59. The average Bonchev–Trinajstić information content (AvgIpc) is 3.26. The summed E-state index contributed by atoms with van der Waals surface area (Å²) in [6.07, 6.45) is 0.861. The van der Waals surface area contributed by atoms with Crippen LogP contribution in [0.2, 0.25) is 0 Å². The van der Waals surface area contributed by atoms with Crippen LogP contribution in [0.1, 0.15) is 17.0 Å². The normalized spacial score (nSPS) is 13.7. The Kier molecular flexibility index (Phi) is 6.40. The second kappa shape index (κ2) is 9.39. The molecule has 0 radical (unpaired) electrons. The molecule has 1 aliphatic heterocycles. The van der Waals surface area contributed by atoms with E-state index in [1.54, 1.807) is 20.3 Å². The maximum Gasteiger partial charge on any atom is 0.387 e. The van der Waals surface area contributed by atoms with Gasteiger partial charge in [-0.3, -0.25) is 4.90 Å². The summed E-state index contributed by atoms with van der Waals surface area (Å²) in [4.78, 5) is 6.65. The van der Waals surface area contributed by atoms with Gasteiger partial charge in [0, 0.05) is 18.7 Å². The highest BCUT2D eigenvalue weighted by Crippen LogP contribution is 2.34. The van der Waals surface area contributed by atoms with Gasteiger partial charge in [0.25, 0.3) is 0 Å². The minimum absolute atomic E-state index is 0.0611. The van der Waals surface area contributed by atoms with Crippen LogP contribution in [0.3, 0.4) is 0 Å². The number of hydrogen-bond donors (Lipinski definition) is 0. The first kappa shape index (κ1) is 21.8. The fraction of sp³-hybridized carbons (Fsp3) is 0.364. The van der Waals surface area contributed by atoms with Gasteiger partial charge < -0.3 is 23.5 Å². The van der Waals surface area contributed by atoms with Crippen LogP contribution in [0.4, 0.5) is 8.78 Å². The number of nitrogens with zero attached hydrogens (tertiary/aromatic N) is 3. The molecular formula is C22H23F2N3O5. The van der Waals surface area contributed by atoms with E-state index in [1.165, 1.54) is 24.8 Å². The van der Waals surface area contributed by atoms with E-state index in [0.717, 1.165) is 24.3 Å². The molecule has 0 bridgehead atoms. The van der Waals surface area contributed by atoms with E-state index in [-0.39, 0.29) is 11.5 Å². The quantitative estimate of drug-likeness (QED) is 0.514. The molecule has 0 spiro atoms. The van der Waals surface area contributed by atoms with Crippen molar-refractivity contribution in [2.75, 3.05) is 27.9 Å². The van der Waals surface area contributed by atoms with E-state index in [4.69, 9.17) is 18.7 Å². The van der Waals surface area contributed by atoms with Crippen molar-refractivity contribution in [3.8, 4) is 34.4 Å². The molecule has 170 valence electrons. The van der Waals surface area contributed by atoms with Crippen LogP contribution in [-0.2, 0) is 19.5 Å². The Morgan fingerprint density at radius 3 is 2.34 bits per heavy atom. The highest BCUT2D eigenvalue weighted by molar-refractivity contribution is 5.60. The van der Waals surface area contributed by atoms with Gasteiger partial charge in [-0.05, 0) is 47.9 Å². The molecule has 4 rings (SSSR count). The van der Waals surface area contributed by atoms with Crippen molar-refractivity contribution in [1.82, 2.24) is 15.0 Å². The maximum absolute atomic E-state index is 12.5. The Hall–Kier alpha value is -3.40. The first-order chi connectivity index (χ1) is 15.5. The maximum atomic E-state index is 12.5. The zero-order valence-corrected chi connectivity index (χ0v) is 17.9. The minimum atomic E-state index is -2.94. The Bertz CT molecular complexity index is 1090. The Morgan fingerprint density at radius 2 is 1.66 bits per heavy atom. The van der Waals surface area contributed by atoms with E-state index >= 15 is 0 Å². The Balaban J connectivity index is 1.47. The van der Waals surface area contributed by atoms with Gasteiger partial charge in [-0.15, -0.1) is 0 Å². The lowest BCUT2D eigenvalue weighted by atomic mass is 9.99. The van der Waals surface area contributed by atoms with E-state index < -0.39 is 6.61 Å². The Morgan fingerprint density at radius 1 is 0.969 bits per heavy atom. The lowest BCUT2D eigenvalue weighted by Crippen LogP contribution is -2.30. The Labute approximate surface area is 183 Å². The molecule has 0 atom stereocenters. The molecule has 0 fully saturated rings. The zero-order valence-electron chi connectivity index (χ0n) is 17.9. The zero-order chi connectivity index (χ0) is 22.7. The molecule has 32 heavy (non-hydrogen) atoms. The van der Waals surface area contributed by atoms with E-state index in [1.807, 2.05) is 12.1 Å². The molecule has 2 heterocycles. The number of ether oxygens (including phenoxy) is 4. The number of methoxy groups -OCH3 is 3. The number of rotatable bonds is 8. The molecule has 0 saturated carbocycles. The molecule has 2 aromatic carbocycles. The molecule has 0 unspecified atom stereocenters. The first-order valence-corrected chi connectivity index (χ1v) is 9.92. The van der Waals surface area contributed by atoms with Crippen molar-refractivity contribution in [1.29, 1.82) is 0 Å². The number of benzene rings is 2. The molecule has 0 N–H and O–H groups in total. The summed E-state index contributed by atoms with van der Waals surface area (Å²) < 4.78 is 50.8. The first-order valence-electron chi connectivity index (χ1n) is 9.92. The summed E-state index contributed by atoms with van der Waals surface area (Å²) in [6.45, 7) is -0.929. The van der Waals surface area contributed by atoms with E-state index in [9.17, 15) is 8.78 Å². The smallest absolute Gasteiger partial charge is 0.387 e. The van der Waals surface area contributed by atoms with Crippen molar-refractivity contribution >= 4 is 0 Å². The van der Waals surface area contributed by atoms with Crippen LogP contribution >= 0.6 is 0 Å². The van der Waals surface area contributed by atoms with Crippen molar-refractivity contribution in [2.24, 2.45) is 0 Å². The van der Waals surface area contributed by atoms with Gasteiger partial charge in [0.2, 0.25) is 11.7 Å².